The molecular formula is C14H16N4. The van der Waals surface area contributed by atoms with Crippen LogP contribution in [-0.4, -0.2) is 16.5 Å². The van der Waals surface area contributed by atoms with Gasteiger partial charge in [-0.1, -0.05) is 23.8 Å². The van der Waals surface area contributed by atoms with Crippen LogP contribution in [0.4, 0.5) is 17.3 Å². The number of anilines is 3. The first-order valence-electron chi connectivity index (χ1n) is 5.78. The maximum atomic E-state index is 4.18. The summed E-state index contributed by atoms with van der Waals surface area (Å²) in [5.41, 5.74) is 2.24. The van der Waals surface area contributed by atoms with Crippen molar-refractivity contribution in [3.05, 3.63) is 54.9 Å². The molecule has 0 aliphatic carbocycles. The van der Waals surface area contributed by atoms with Gasteiger partial charge in [-0.25, -0.2) is 9.97 Å². The Morgan fingerprint density at radius 1 is 1.17 bits per heavy atom. The lowest BCUT2D eigenvalue weighted by atomic mass is 10.2. The molecule has 0 spiro atoms. The van der Waals surface area contributed by atoms with Crippen LogP contribution in [0.25, 0.3) is 0 Å². The number of rotatable bonds is 5. The fraction of sp³-hybridized carbons (Fsp3) is 0.143. The molecule has 1 aromatic carbocycles. The van der Waals surface area contributed by atoms with Gasteiger partial charge < -0.3 is 10.6 Å². The quantitative estimate of drug-likeness (QED) is 0.788. The van der Waals surface area contributed by atoms with Crippen LogP contribution in [0, 0.1) is 6.92 Å². The highest BCUT2D eigenvalue weighted by molar-refractivity contribution is 5.59. The molecule has 18 heavy (non-hydrogen) atoms. The molecule has 2 N–H and O–H groups in total. The Morgan fingerprint density at radius 3 is 2.61 bits per heavy atom. The second-order valence-electron chi connectivity index (χ2n) is 3.95. The van der Waals surface area contributed by atoms with E-state index in [2.05, 4.69) is 46.2 Å². The number of nitrogens with one attached hydrogen (secondary N) is 2. The molecule has 4 heteroatoms. The molecule has 4 nitrogen and oxygen atoms in total. The first-order chi connectivity index (χ1) is 8.78. The predicted molar refractivity (Wildman–Crippen MR) is 75.2 cm³/mol. The summed E-state index contributed by atoms with van der Waals surface area (Å²) in [6, 6.07) is 10.0. The second-order valence-corrected chi connectivity index (χ2v) is 3.95. The van der Waals surface area contributed by atoms with Crippen LogP contribution >= 0.6 is 0 Å². The minimum absolute atomic E-state index is 0.682. The number of nitrogens with zero attached hydrogens (tertiary/aromatic N) is 2. The van der Waals surface area contributed by atoms with Crippen molar-refractivity contribution in [2.45, 2.75) is 6.92 Å². The van der Waals surface area contributed by atoms with Gasteiger partial charge in [-0.15, -0.1) is 6.58 Å². The largest absolute Gasteiger partial charge is 0.366 e. The van der Waals surface area contributed by atoms with Crippen molar-refractivity contribution in [2.75, 3.05) is 17.2 Å². The molecule has 0 bridgehead atoms. The zero-order valence-electron chi connectivity index (χ0n) is 10.4. The van der Waals surface area contributed by atoms with E-state index in [0.29, 0.717) is 6.54 Å². The summed E-state index contributed by atoms with van der Waals surface area (Å²) in [6.45, 7) is 6.40. The lowest BCUT2D eigenvalue weighted by Crippen LogP contribution is -2.02. The van der Waals surface area contributed by atoms with E-state index in [-0.39, 0.29) is 0 Å². The maximum absolute atomic E-state index is 4.18. The monoisotopic (exact) mass is 240 g/mol. The number of aryl methyl sites for hydroxylation is 1. The molecule has 92 valence electrons. The van der Waals surface area contributed by atoms with Gasteiger partial charge in [-0.05, 0) is 19.1 Å². The molecule has 1 heterocycles. The molecule has 1 aromatic heterocycles. The zero-order valence-corrected chi connectivity index (χ0v) is 10.4. The van der Waals surface area contributed by atoms with Crippen molar-refractivity contribution in [3.63, 3.8) is 0 Å². The molecule has 0 radical (unpaired) electrons. The summed E-state index contributed by atoms with van der Waals surface area (Å²) in [6.07, 6.45) is 3.32. The number of hydrogen-bond acceptors (Lipinski definition) is 4. The Balaban J connectivity index is 2.08. The molecule has 0 saturated heterocycles. The van der Waals surface area contributed by atoms with Crippen molar-refractivity contribution in [3.8, 4) is 0 Å². The highest BCUT2D eigenvalue weighted by Crippen LogP contribution is 2.16. The molecule has 0 saturated carbocycles. The molecule has 0 amide bonds. The predicted octanol–water partition coefficient (Wildman–Crippen LogP) is 3.13. The van der Waals surface area contributed by atoms with Crippen molar-refractivity contribution < 1.29 is 0 Å². The summed E-state index contributed by atoms with van der Waals surface area (Å²) >= 11 is 0. The van der Waals surface area contributed by atoms with Gasteiger partial charge in [0.1, 0.15) is 18.0 Å². The number of benzene rings is 1. The third-order valence-corrected chi connectivity index (χ3v) is 2.42. The molecule has 0 unspecified atom stereocenters. The maximum Gasteiger partial charge on any atom is 0.135 e. The Bertz CT molecular complexity index is 520. The van der Waals surface area contributed by atoms with Gasteiger partial charge in [0.2, 0.25) is 0 Å². The topological polar surface area (TPSA) is 49.8 Å². The number of hydrogen-bond donors (Lipinski definition) is 2. The Kier molecular flexibility index (Phi) is 3.91. The van der Waals surface area contributed by atoms with Crippen LogP contribution in [0.1, 0.15) is 5.56 Å². The lowest BCUT2D eigenvalue weighted by molar-refractivity contribution is 1.14. The van der Waals surface area contributed by atoms with Crippen molar-refractivity contribution >= 4 is 17.3 Å². The van der Waals surface area contributed by atoms with E-state index in [9.17, 15) is 0 Å². The first kappa shape index (κ1) is 12.1. The molecule has 2 aromatic rings. The minimum atomic E-state index is 0.682. The van der Waals surface area contributed by atoms with Gasteiger partial charge in [-0.3, -0.25) is 0 Å². The SMILES string of the molecule is C=CCNc1cc(Nc2ccc(C)cc2)ncn1. The smallest absolute Gasteiger partial charge is 0.135 e. The van der Waals surface area contributed by atoms with E-state index in [4.69, 9.17) is 0 Å². The zero-order chi connectivity index (χ0) is 12.8. The van der Waals surface area contributed by atoms with Crippen molar-refractivity contribution in [1.82, 2.24) is 9.97 Å². The van der Waals surface area contributed by atoms with E-state index < -0.39 is 0 Å². The van der Waals surface area contributed by atoms with Gasteiger partial charge in [0.15, 0.2) is 0 Å². The van der Waals surface area contributed by atoms with E-state index in [1.54, 1.807) is 6.08 Å². The first-order valence-corrected chi connectivity index (χ1v) is 5.78. The molecule has 2 rings (SSSR count). The summed E-state index contributed by atoms with van der Waals surface area (Å²) in [4.78, 5) is 8.30. The summed E-state index contributed by atoms with van der Waals surface area (Å²) < 4.78 is 0. The van der Waals surface area contributed by atoms with E-state index in [1.807, 2.05) is 18.2 Å². The average Bonchev–Trinajstić information content (AvgIpc) is 2.40. The third-order valence-electron chi connectivity index (χ3n) is 2.42. The van der Waals surface area contributed by atoms with Gasteiger partial charge in [0, 0.05) is 18.3 Å². The highest BCUT2D eigenvalue weighted by atomic mass is 15.1. The lowest BCUT2D eigenvalue weighted by Gasteiger charge is -2.07. The van der Waals surface area contributed by atoms with E-state index in [1.165, 1.54) is 11.9 Å². The summed E-state index contributed by atoms with van der Waals surface area (Å²) in [5.74, 6) is 1.54. The Labute approximate surface area is 107 Å². The van der Waals surface area contributed by atoms with Crippen LogP contribution in [0.3, 0.4) is 0 Å². The Hall–Kier alpha value is -2.36. The fourth-order valence-corrected chi connectivity index (χ4v) is 1.48. The van der Waals surface area contributed by atoms with Gasteiger partial charge in [0.05, 0.1) is 0 Å². The fourth-order valence-electron chi connectivity index (χ4n) is 1.48. The van der Waals surface area contributed by atoms with Crippen molar-refractivity contribution in [2.24, 2.45) is 0 Å². The average molecular weight is 240 g/mol. The highest BCUT2D eigenvalue weighted by Gasteiger charge is 1.98. The van der Waals surface area contributed by atoms with Crippen LogP contribution in [0.5, 0.6) is 0 Å². The van der Waals surface area contributed by atoms with E-state index >= 15 is 0 Å². The van der Waals surface area contributed by atoms with Crippen LogP contribution in [0.2, 0.25) is 0 Å². The molecule has 0 aliphatic rings. The van der Waals surface area contributed by atoms with E-state index in [0.717, 1.165) is 17.3 Å². The van der Waals surface area contributed by atoms with Crippen LogP contribution in [-0.2, 0) is 0 Å². The molecule has 0 atom stereocenters. The van der Waals surface area contributed by atoms with Gasteiger partial charge >= 0.3 is 0 Å². The standard InChI is InChI=1S/C14H16N4/c1-3-8-15-13-9-14(17-10-16-13)18-12-6-4-11(2)5-7-12/h3-7,9-10H,1,8H2,2H3,(H2,15,16,17,18). The van der Waals surface area contributed by atoms with Crippen LogP contribution < -0.4 is 10.6 Å². The summed E-state index contributed by atoms with van der Waals surface area (Å²) in [7, 11) is 0. The minimum Gasteiger partial charge on any atom is -0.366 e. The second kappa shape index (κ2) is 5.82. The van der Waals surface area contributed by atoms with Gasteiger partial charge in [-0.2, -0.15) is 0 Å². The number of aromatic nitrogens is 2. The van der Waals surface area contributed by atoms with Gasteiger partial charge in [0.25, 0.3) is 0 Å². The normalized spacial score (nSPS) is 9.83. The van der Waals surface area contributed by atoms with Crippen LogP contribution in [0.15, 0.2) is 49.3 Å². The van der Waals surface area contributed by atoms with Crippen molar-refractivity contribution in [1.29, 1.82) is 0 Å². The summed E-state index contributed by atoms with van der Waals surface area (Å²) in [5, 5.41) is 6.35. The third kappa shape index (κ3) is 3.31. The Morgan fingerprint density at radius 2 is 1.89 bits per heavy atom. The molecule has 0 aliphatic heterocycles. The molecular weight excluding hydrogens is 224 g/mol. The molecule has 0 fully saturated rings.